The number of rotatable bonds is 8. The second kappa shape index (κ2) is 12.1. The Labute approximate surface area is 220 Å². The molecule has 2 heterocycles. The zero-order valence-electron chi connectivity index (χ0n) is 20.7. The number of hydrogen-bond donors (Lipinski definition) is 2. The molecule has 0 bridgehead atoms. The van der Waals surface area contributed by atoms with E-state index in [1.54, 1.807) is 17.0 Å². The van der Waals surface area contributed by atoms with E-state index in [0.29, 0.717) is 43.1 Å². The van der Waals surface area contributed by atoms with Crippen LogP contribution in [-0.2, 0) is 4.79 Å². The number of nitrogens with zero attached hydrogens (tertiary/aromatic N) is 2. The second-order valence-electron chi connectivity index (χ2n) is 9.91. The number of carbonyl (C=O) groups excluding carboxylic acids is 2. The molecule has 37 heavy (non-hydrogen) atoms. The summed E-state index contributed by atoms with van der Waals surface area (Å²) in [5, 5.41) is 2.81. The highest BCUT2D eigenvalue weighted by Crippen LogP contribution is 2.46. The Morgan fingerprint density at radius 3 is 2.38 bits per heavy atom. The molecule has 2 saturated heterocycles. The summed E-state index contributed by atoms with van der Waals surface area (Å²) in [6, 6.07) is 9.48. The van der Waals surface area contributed by atoms with Crippen LogP contribution >= 0.6 is 11.6 Å². The number of piperidine rings is 2. The monoisotopic (exact) mass is 534 g/mol. The van der Waals surface area contributed by atoms with Crippen LogP contribution in [0.4, 0.5) is 19.3 Å². The summed E-state index contributed by atoms with van der Waals surface area (Å²) in [5.74, 6) is -0.354. The highest BCUT2D eigenvalue weighted by Gasteiger charge is 2.45. The van der Waals surface area contributed by atoms with Gasteiger partial charge in [-0.2, -0.15) is 0 Å². The quantitative estimate of drug-likeness (QED) is 0.490. The number of benzene rings is 2. The molecule has 3 N–H and O–H groups in total. The molecular weight excluding hydrogens is 502 g/mol. The number of urea groups is 1. The average molecular weight is 535 g/mol. The van der Waals surface area contributed by atoms with E-state index < -0.39 is 23.4 Å². The van der Waals surface area contributed by atoms with E-state index in [2.05, 4.69) is 10.2 Å². The van der Waals surface area contributed by atoms with E-state index in [1.807, 2.05) is 0 Å². The maximum Gasteiger partial charge on any atom is 0.316 e. The molecule has 0 radical (unpaired) electrons. The molecule has 2 aromatic carbocycles. The molecule has 2 aliphatic heterocycles. The Kier molecular flexibility index (Phi) is 8.87. The Morgan fingerprint density at radius 1 is 1.05 bits per heavy atom. The van der Waals surface area contributed by atoms with Crippen molar-refractivity contribution < 1.29 is 23.1 Å². The molecule has 2 aliphatic rings. The van der Waals surface area contributed by atoms with E-state index in [4.69, 9.17) is 22.1 Å². The van der Waals surface area contributed by atoms with Crippen LogP contribution in [-0.4, -0.2) is 61.1 Å². The van der Waals surface area contributed by atoms with Gasteiger partial charge in [-0.05, 0) is 74.7 Å². The number of nitrogens with one attached hydrogen (secondary N) is 1. The van der Waals surface area contributed by atoms with E-state index >= 15 is 4.39 Å². The topological polar surface area (TPSA) is 87.9 Å². The molecule has 4 rings (SSSR count). The van der Waals surface area contributed by atoms with Crippen molar-refractivity contribution in [1.29, 1.82) is 0 Å². The van der Waals surface area contributed by atoms with E-state index in [1.165, 1.54) is 36.8 Å². The van der Waals surface area contributed by atoms with Crippen molar-refractivity contribution in [2.24, 2.45) is 11.1 Å². The summed E-state index contributed by atoms with van der Waals surface area (Å²) < 4.78 is 35.3. The molecule has 1 atom stereocenters. The maximum absolute atomic E-state index is 16.1. The first-order chi connectivity index (χ1) is 17.8. The highest BCUT2D eigenvalue weighted by molar-refractivity contribution is 6.31. The third kappa shape index (κ3) is 6.90. The van der Waals surface area contributed by atoms with E-state index in [-0.39, 0.29) is 24.0 Å². The minimum atomic E-state index is -1.26. The van der Waals surface area contributed by atoms with Gasteiger partial charge in [-0.15, -0.1) is 0 Å². The molecule has 3 amide bonds. The zero-order valence-corrected chi connectivity index (χ0v) is 21.5. The predicted molar refractivity (Wildman–Crippen MR) is 139 cm³/mol. The number of alkyl halides is 1. The van der Waals surface area contributed by atoms with Gasteiger partial charge in [0.15, 0.2) is 6.61 Å². The van der Waals surface area contributed by atoms with Crippen LogP contribution in [0.15, 0.2) is 42.5 Å². The number of amides is 3. The van der Waals surface area contributed by atoms with Crippen LogP contribution in [0.25, 0.3) is 0 Å². The molecule has 200 valence electrons. The number of carbonyl (C=O) groups is 2. The first-order valence-electron chi connectivity index (χ1n) is 12.6. The van der Waals surface area contributed by atoms with Gasteiger partial charge in [0, 0.05) is 30.1 Å². The largest absolute Gasteiger partial charge is 0.482 e. The van der Waals surface area contributed by atoms with Crippen molar-refractivity contribution in [2.75, 3.05) is 44.6 Å². The van der Waals surface area contributed by atoms with Gasteiger partial charge in [-0.3, -0.25) is 4.79 Å². The molecular formula is C27H33ClF2N4O3. The van der Waals surface area contributed by atoms with Gasteiger partial charge in [-0.25, -0.2) is 13.6 Å². The van der Waals surface area contributed by atoms with E-state index in [9.17, 15) is 14.0 Å². The van der Waals surface area contributed by atoms with Crippen molar-refractivity contribution in [1.82, 2.24) is 9.80 Å². The number of hydrogen-bond acceptors (Lipinski definition) is 4. The Morgan fingerprint density at radius 2 is 1.73 bits per heavy atom. The van der Waals surface area contributed by atoms with Crippen molar-refractivity contribution in [3.05, 3.63) is 58.9 Å². The fourth-order valence-electron chi connectivity index (χ4n) is 5.33. The smallest absolute Gasteiger partial charge is 0.316 e. The minimum absolute atomic E-state index is 0.233. The summed E-state index contributed by atoms with van der Waals surface area (Å²) in [4.78, 5) is 28.3. The number of anilines is 1. The summed E-state index contributed by atoms with van der Waals surface area (Å²) in [7, 11) is 0. The fraction of sp³-hybridized carbons (Fsp3) is 0.481. The van der Waals surface area contributed by atoms with Crippen LogP contribution < -0.4 is 15.8 Å². The summed E-state index contributed by atoms with van der Waals surface area (Å²) in [6.45, 7) is 3.03. The number of halogens is 3. The van der Waals surface area contributed by atoms with Crippen LogP contribution in [0.2, 0.25) is 5.02 Å². The SMILES string of the molecule is NC(=O)Nc1cc(Cl)ccc1OCC(=O)N1CCC(CN2CCCCC2)(C(F)c2ccc(F)cc2)CC1. The number of likely N-dealkylation sites (tertiary alicyclic amines) is 2. The lowest BCUT2D eigenvalue weighted by Gasteiger charge is -2.47. The van der Waals surface area contributed by atoms with Gasteiger partial charge in [0.2, 0.25) is 0 Å². The van der Waals surface area contributed by atoms with Crippen LogP contribution in [0.3, 0.4) is 0 Å². The molecule has 7 nitrogen and oxygen atoms in total. The lowest BCUT2D eigenvalue weighted by Crippen LogP contribution is -2.51. The van der Waals surface area contributed by atoms with Gasteiger partial charge in [-0.1, -0.05) is 30.2 Å². The molecule has 2 aromatic rings. The zero-order chi connectivity index (χ0) is 26.4. The second-order valence-corrected chi connectivity index (χ2v) is 10.3. The standard InChI is InChI=1S/C27H33ClF2N4O3/c28-20-6-9-23(22(16-20)32-26(31)36)37-17-24(35)34-14-10-27(11-15-34,18-33-12-2-1-3-13-33)25(30)19-4-7-21(29)8-5-19/h4-9,16,25H,1-3,10-15,17-18H2,(H3,31,32,36). The Balaban J connectivity index is 1.42. The molecule has 2 fully saturated rings. The molecule has 10 heteroatoms. The molecule has 0 aliphatic carbocycles. The summed E-state index contributed by atoms with van der Waals surface area (Å²) in [6.07, 6.45) is 3.10. The number of primary amides is 1. The van der Waals surface area contributed by atoms with Crippen molar-refractivity contribution in [3.63, 3.8) is 0 Å². The van der Waals surface area contributed by atoms with Crippen molar-refractivity contribution >= 4 is 29.2 Å². The Bertz CT molecular complexity index is 1090. The van der Waals surface area contributed by atoms with Gasteiger partial charge in [0.1, 0.15) is 17.7 Å². The van der Waals surface area contributed by atoms with Crippen molar-refractivity contribution in [3.8, 4) is 5.75 Å². The predicted octanol–water partition coefficient (Wildman–Crippen LogP) is 5.15. The first-order valence-corrected chi connectivity index (χ1v) is 13.0. The third-order valence-corrected chi connectivity index (χ3v) is 7.59. The highest BCUT2D eigenvalue weighted by atomic mass is 35.5. The summed E-state index contributed by atoms with van der Waals surface area (Å²) in [5.41, 5.74) is 5.28. The molecule has 0 saturated carbocycles. The van der Waals surface area contributed by atoms with Gasteiger partial charge < -0.3 is 25.6 Å². The summed E-state index contributed by atoms with van der Waals surface area (Å²) >= 11 is 5.98. The van der Waals surface area contributed by atoms with Crippen LogP contribution in [0, 0.1) is 11.2 Å². The van der Waals surface area contributed by atoms with Crippen molar-refractivity contribution in [2.45, 2.75) is 38.3 Å². The fourth-order valence-corrected chi connectivity index (χ4v) is 5.50. The lowest BCUT2D eigenvalue weighted by atomic mass is 9.71. The average Bonchev–Trinajstić information content (AvgIpc) is 2.89. The molecule has 0 spiro atoms. The number of ether oxygens (including phenoxy) is 1. The van der Waals surface area contributed by atoms with Gasteiger partial charge >= 0.3 is 6.03 Å². The maximum atomic E-state index is 16.1. The normalized spacial score (nSPS) is 18.7. The van der Waals surface area contributed by atoms with Gasteiger partial charge in [0.05, 0.1) is 5.69 Å². The van der Waals surface area contributed by atoms with E-state index in [0.717, 1.165) is 25.9 Å². The lowest BCUT2D eigenvalue weighted by molar-refractivity contribution is -0.137. The molecule has 1 unspecified atom stereocenters. The first kappa shape index (κ1) is 27.1. The van der Waals surface area contributed by atoms with Crippen LogP contribution in [0.1, 0.15) is 43.8 Å². The number of nitrogens with two attached hydrogens (primary N) is 1. The van der Waals surface area contributed by atoms with Crippen LogP contribution in [0.5, 0.6) is 5.75 Å². The molecule has 0 aromatic heterocycles. The third-order valence-electron chi connectivity index (χ3n) is 7.35. The van der Waals surface area contributed by atoms with Gasteiger partial charge in [0.25, 0.3) is 5.91 Å². The Hall–Kier alpha value is -2.91. The minimum Gasteiger partial charge on any atom is -0.482 e.